The second-order valence-corrected chi connectivity index (χ2v) is 6.31. The Bertz CT molecular complexity index is 268. The fourth-order valence-electron chi connectivity index (χ4n) is 2.22. The lowest BCUT2D eigenvalue weighted by molar-refractivity contribution is 0.0527. The van der Waals surface area contributed by atoms with Gasteiger partial charge in [-0.2, -0.15) is 0 Å². The molecule has 0 unspecified atom stereocenters. The third-order valence-corrected chi connectivity index (χ3v) is 3.22. The smallest absolute Gasteiger partial charge is 0.407 e. The molecule has 1 aliphatic rings. The van der Waals surface area contributed by atoms with E-state index in [-0.39, 0.29) is 12.2 Å². The summed E-state index contributed by atoms with van der Waals surface area (Å²) in [6.45, 7) is 7.83. The topological polar surface area (TPSA) is 70.6 Å². The highest BCUT2D eigenvalue weighted by molar-refractivity contribution is 5.67. The van der Waals surface area contributed by atoms with Crippen LogP contribution in [0.2, 0.25) is 0 Å². The van der Waals surface area contributed by atoms with Crippen molar-refractivity contribution in [3.8, 4) is 0 Å². The number of carbonyl (C=O) groups is 1. The zero-order valence-corrected chi connectivity index (χ0v) is 12.4. The molecule has 0 heterocycles. The number of ether oxygens (including phenoxy) is 1. The number of hydrogen-bond acceptors (Lipinski definition) is 4. The first-order chi connectivity index (χ1) is 8.87. The second-order valence-electron chi connectivity index (χ2n) is 6.31. The summed E-state index contributed by atoms with van der Waals surface area (Å²) in [5, 5.41) is 15.5. The van der Waals surface area contributed by atoms with Crippen LogP contribution in [0.3, 0.4) is 0 Å². The Hall–Kier alpha value is -0.810. The third kappa shape index (κ3) is 8.06. The minimum absolute atomic E-state index is 0.0925. The lowest BCUT2D eigenvalue weighted by Crippen LogP contribution is -2.37. The Labute approximate surface area is 116 Å². The summed E-state index contributed by atoms with van der Waals surface area (Å²) >= 11 is 0. The van der Waals surface area contributed by atoms with E-state index < -0.39 is 5.60 Å². The number of alkyl carbamates (subject to hydrolysis) is 1. The van der Waals surface area contributed by atoms with Crippen molar-refractivity contribution in [2.24, 2.45) is 5.92 Å². The molecule has 0 aromatic rings. The Kier molecular flexibility index (Phi) is 6.58. The van der Waals surface area contributed by atoms with Crippen molar-refractivity contribution >= 4 is 6.09 Å². The van der Waals surface area contributed by atoms with E-state index >= 15 is 0 Å². The number of amides is 1. The Morgan fingerprint density at radius 2 is 1.84 bits per heavy atom. The van der Waals surface area contributed by atoms with Crippen LogP contribution in [0.5, 0.6) is 0 Å². The van der Waals surface area contributed by atoms with Gasteiger partial charge in [0.15, 0.2) is 0 Å². The maximum Gasteiger partial charge on any atom is 0.407 e. The molecule has 19 heavy (non-hydrogen) atoms. The first kappa shape index (κ1) is 16.2. The third-order valence-electron chi connectivity index (χ3n) is 3.22. The monoisotopic (exact) mass is 272 g/mol. The average Bonchev–Trinajstić information content (AvgIpc) is 2.29. The Morgan fingerprint density at radius 3 is 2.42 bits per heavy atom. The molecule has 5 nitrogen and oxygen atoms in total. The molecule has 5 heteroatoms. The molecular formula is C14H28N2O3. The first-order valence-electron chi connectivity index (χ1n) is 7.22. The van der Waals surface area contributed by atoms with Crippen LogP contribution >= 0.6 is 0 Å². The van der Waals surface area contributed by atoms with Crippen LogP contribution < -0.4 is 10.6 Å². The SMILES string of the molecule is CC(C)(C)OC(=O)NCCNCC1CCC(O)CC1. The van der Waals surface area contributed by atoms with Gasteiger partial charge >= 0.3 is 6.09 Å². The fraction of sp³-hybridized carbons (Fsp3) is 0.929. The predicted octanol–water partition coefficient (Wildman–Crippen LogP) is 1.65. The van der Waals surface area contributed by atoms with Crippen LogP contribution in [-0.4, -0.2) is 42.5 Å². The van der Waals surface area contributed by atoms with Gasteiger partial charge in [0.25, 0.3) is 0 Å². The molecule has 0 aromatic heterocycles. The molecule has 0 aliphatic heterocycles. The largest absolute Gasteiger partial charge is 0.444 e. The zero-order chi connectivity index (χ0) is 14.3. The number of hydrogen-bond donors (Lipinski definition) is 3. The number of aliphatic hydroxyl groups is 1. The van der Waals surface area contributed by atoms with Gasteiger partial charge in [-0.3, -0.25) is 0 Å². The van der Waals surface area contributed by atoms with Gasteiger partial charge in [0.05, 0.1) is 6.10 Å². The summed E-state index contributed by atoms with van der Waals surface area (Å²) < 4.78 is 5.14. The molecule has 1 aliphatic carbocycles. The van der Waals surface area contributed by atoms with Crippen LogP contribution in [0.1, 0.15) is 46.5 Å². The summed E-state index contributed by atoms with van der Waals surface area (Å²) in [4.78, 5) is 11.4. The van der Waals surface area contributed by atoms with E-state index in [0.717, 1.165) is 38.8 Å². The summed E-state index contributed by atoms with van der Waals surface area (Å²) in [7, 11) is 0. The van der Waals surface area contributed by atoms with Crippen molar-refractivity contribution < 1.29 is 14.6 Å². The minimum Gasteiger partial charge on any atom is -0.444 e. The Morgan fingerprint density at radius 1 is 1.21 bits per heavy atom. The van der Waals surface area contributed by atoms with Crippen molar-refractivity contribution in [1.82, 2.24) is 10.6 Å². The van der Waals surface area contributed by atoms with E-state index in [2.05, 4.69) is 10.6 Å². The summed E-state index contributed by atoms with van der Waals surface area (Å²) in [5.74, 6) is 0.657. The van der Waals surface area contributed by atoms with Gasteiger partial charge in [-0.1, -0.05) is 0 Å². The first-order valence-corrected chi connectivity index (χ1v) is 7.22. The lowest BCUT2D eigenvalue weighted by atomic mass is 9.87. The van der Waals surface area contributed by atoms with Crippen molar-refractivity contribution in [2.75, 3.05) is 19.6 Å². The molecule has 0 aromatic carbocycles. The lowest BCUT2D eigenvalue weighted by Gasteiger charge is -2.25. The van der Waals surface area contributed by atoms with Crippen LogP contribution in [-0.2, 0) is 4.74 Å². The van der Waals surface area contributed by atoms with Gasteiger partial charge < -0.3 is 20.5 Å². The van der Waals surface area contributed by atoms with Gasteiger partial charge in [-0.15, -0.1) is 0 Å². The van der Waals surface area contributed by atoms with Gasteiger partial charge in [-0.05, 0) is 58.9 Å². The molecule has 0 radical (unpaired) electrons. The fourth-order valence-corrected chi connectivity index (χ4v) is 2.22. The van der Waals surface area contributed by atoms with Gasteiger partial charge in [-0.25, -0.2) is 4.79 Å². The zero-order valence-electron chi connectivity index (χ0n) is 12.4. The second kappa shape index (κ2) is 7.70. The summed E-state index contributed by atoms with van der Waals surface area (Å²) in [6, 6.07) is 0. The van der Waals surface area contributed by atoms with Crippen LogP contribution in [0, 0.1) is 5.92 Å². The van der Waals surface area contributed by atoms with Crippen molar-refractivity contribution in [3.05, 3.63) is 0 Å². The van der Waals surface area contributed by atoms with E-state index in [1.54, 1.807) is 0 Å². The van der Waals surface area contributed by atoms with Gasteiger partial charge in [0.2, 0.25) is 0 Å². The number of aliphatic hydroxyl groups excluding tert-OH is 1. The van der Waals surface area contributed by atoms with E-state index in [1.807, 2.05) is 20.8 Å². The molecule has 1 amide bonds. The minimum atomic E-state index is -0.444. The maximum absolute atomic E-state index is 11.4. The predicted molar refractivity (Wildman–Crippen MR) is 75.1 cm³/mol. The highest BCUT2D eigenvalue weighted by Gasteiger charge is 2.19. The molecule has 0 saturated heterocycles. The normalized spacial score (nSPS) is 24.0. The summed E-state index contributed by atoms with van der Waals surface area (Å²) in [5.41, 5.74) is -0.444. The van der Waals surface area contributed by atoms with Gasteiger partial charge in [0.1, 0.15) is 5.60 Å². The molecule has 3 N–H and O–H groups in total. The maximum atomic E-state index is 11.4. The molecule has 1 fully saturated rings. The van der Waals surface area contributed by atoms with Gasteiger partial charge in [0, 0.05) is 13.1 Å². The van der Waals surface area contributed by atoms with E-state index in [9.17, 15) is 9.90 Å². The average molecular weight is 272 g/mol. The van der Waals surface area contributed by atoms with Crippen LogP contribution in [0.4, 0.5) is 4.79 Å². The standard InChI is InChI=1S/C14H28N2O3/c1-14(2,3)19-13(18)16-9-8-15-10-11-4-6-12(17)7-5-11/h11-12,15,17H,4-10H2,1-3H3,(H,16,18). The molecule has 112 valence electrons. The number of carbonyl (C=O) groups excluding carboxylic acids is 1. The van der Waals surface area contributed by atoms with Crippen molar-refractivity contribution in [2.45, 2.75) is 58.2 Å². The van der Waals surface area contributed by atoms with E-state index in [1.165, 1.54) is 0 Å². The number of nitrogens with one attached hydrogen (secondary N) is 2. The Balaban J connectivity index is 1.98. The highest BCUT2D eigenvalue weighted by atomic mass is 16.6. The van der Waals surface area contributed by atoms with Crippen molar-refractivity contribution in [1.29, 1.82) is 0 Å². The molecule has 0 bridgehead atoms. The number of rotatable bonds is 5. The molecule has 0 spiro atoms. The summed E-state index contributed by atoms with van der Waals surface area (Å²) in [6.07, 6.45) is 3.56. The molecule has 1 saturated carbocycles. The van der Waals surface area contributed by atoms with Crippen LogP contribution in [0.15, 0.2) is 0 Å². The van der Waals surface area contributed by atoms with Crippen molar-refractivity contribution in [3.63, 3.8) is 0 Å². The molecular weight excluding hydrogens is 244 g/mol. The molecule has 1 rings (SSSR count). The van der Waals surface area contributed by atoms with E-state index in [0.29, 0.717) is 12.5 Å². The van der Waals surface area contributed by atoms with Crippen LogP contribution in [0.25, 0.3) is 0 Å². The van der Waals surface area contributed by atoms with E-state index in [4.69, 9.17) is 4.74 Å². The quantitative estimate of drug-likeness (QED) is 0.666. The highest BCUT2D eigenvalue weighted by Crippen LogP contribution is 2.23. The molecule has 0 atom stereocenters.